The molecule has 0 amide bonds. The lowest BCUT2D eigenvalue weighted by Gasteiger charge is -2.05. The zero-order valence-electron chi connectivity index (χ0n) is 15.6. The van der Waals surface area contributed by atoms with E-state index in [1.165, 1.54) is 0 Å². The third kappa shape index (κ3) is 3.69. The van der Waals surface area contributed by atoms with Gasteiger partial charge in [0.25, 0.3) is 0 Å². The summed E-state index contributed by atoms with van der Waals surface area (Å²) in [5.41, 5.74) is 3.54. The second-order valence-electron chi connectivity index (χ2n) is 6.31. The smallest absolute Gasteiger partial charge is 0.182 e. The van der Waals surface area contributed by atoms with E-state index in [1.807, 2.05) is 53.2 Å². The predicted octanol–water partition coefficient (Wildman–Crippen LogP) is 4.35. The topological polar surface area (TPSA) is 62.1 Å². The Labute approximate surface area is 167 Å². The number of nitrogens with zero attached hydrogens (tertiary/aromatic N) is 4. The third-order valence-electron chi connectivity index (χ3n) is 4.40. The first-order chi connectivity index (χ1) is 13.7. The Morgan fingerprint density at radius 2 is 1.79 bits per heavy atom. The Morgan fingerprint density at radius 1 is 1.00 bits per heavy atom. The van der Waals surface area contributed by atoms with Gasteiger partial charge >= 0.3 is 0 Å². The number of methoxy groups -OCH3 is 2. The Kier molecular flexibility index (Phi) is 5.23. The molecule has 0 atom stereocenters. The first-order valence-corrected chi connectivity index (χ1v) is 9.17. The molecule has 0 unspecified atom stereocenters. The lowest BCUT2D eigenvalue weighted by molar-refractivity contribution is 0.181. The van der Waals surface area contributed by atoms with Crippen LogP contribution in [0.4, 0.5) is 0 Å². The number of fused-ring (bicyclic) bond motifs is 1. The molecule has 0 fully saturated rings. The lowest BCUT2D eigenvalue weighted by Crippen LogP contribution is -2.03. The summed E-state index contributed by atoms with van der Waals surface area (Å²) in [6.07, 6.45) is 0. The minimum atomic E-state index is 0.361. The fourth-order valence-corrected chi connectivity index (χ4v) is 3.31. The second-order valence-corrected chi connectivity index (χ2v) is 6.70. The van der Waals surface area contributed by atoms with E-state index in [4.69, 9.17) is 26.2 Å². The van der Waals surface area contributed by atoms with Crippen molar-refractivity contribution in [3.05, 3.63) is 71.0 Å². The SMILES string of the molecule is COCc1cc(Cl)nc(-c2nn(Cc3ccc(OC)cc3)c3ccccc23)n1. The van der Waals surface area contributed by atoms with Gasteiger partial charge in [-0.25, -0.2) is 9.97 Å². The molecule has 2 aromatic carbocycles. The van der Waals surface area contributed by atoms with Gasteiger partial charge < -0.3 is 9.47 Å². The van der Waals surface area contributed by atoms with Crippen LogP contribution >= 0.6 is 11.6 Å². The van der Waals surface area contributed by atoms with Gasteiger partial charge in [-0.1, -0.05) is 41.9 Å². The molecule has 0 aliphatic carbocycles. The molecule has 28 heavy (non-hydrogen) atoms. The molecule has 0 bridgehead atoms. The summed E-state index contributed by atoms with van der Waals surface area (Å²) in [5.74, 6) is 1.32. The van der Waals surface area contributed by atoms with Gasteiger partial charge in [0.1, 0.15) is 16.6 Å². The Balaban J connectivity index is 1.78. The van der Waals surface area contributed by atoms with Crippen molar-refractivity contribution in [2.75, 3.05) is 14.2 Å². The van der Waals surface area contributed by atoms with Gasteiger partial charge in [0.2, 0.25) is 0 Å². The van der Waals surface area contributed by atoms with Crippen LogP contribution in [0.2, 0.25) is 5.15 Å². The maximum absolute atomic E-state index is 6.20. The number of hydrogen-bond acceptors (Lipinski definition) is 5. The van der Waals surface area contributed by atoms with Gasteiger partial charge in [-0.3, -0.25) is 4.68 Å². The largest absolute Gasteiger partial charge is 0.497 e. The van der Waals surface area contributed by atoms with Crippen molar-refractivity contribution in [2.24, 2.45) is 0 Å². The number of benzene rings is 2. The number of hydrogen-bond donors (Lipinski definition) is 0. The van der Waals surface area contributed by atoms with Gasteiger partial charge in [-0.15, -0.1) is 0 Å². The Bertz CT molecular complexity index is 1110. The molecular weight excluding hydrogens is 376 g/mol. The molecular formula is C21H19ClN4O2. The number of para-hydroxylation sites is 1. The molecule has 0 aliphatic rings. The van der Waals surface area contributed by atoms with Crippen LogP contribution in [0.25, 0.3) is 22.4 Å². The van der Waals surface area contributed by atoms with Crippen LogP contribution in [0.1, 0.15) is 11.3 Å². The molecule has 0 aliphatic heterocycles. The summed E-state index contributed by atoms with van der Waals surface area (Å²) in [4.78, 5) is 8.96. The van der Waals surface area contributed by atoms with Crippen molar-refractivity contribution >= 4 is 22.5 Å². The summed E-state index contributed by atoms with van der Waals surface area (Å²) in [6, 6.07) is 17.7. The Hall–Kier alpha value is -2.96. The van der Waals surface area contributed by atoms with Crippen LogP contribution in [-0.4, -0.2) is 34.0 Å². The first-order valence-electron chi connectivity index (χ1n) is 8.79. The summed E-state index contributed by atoms with van der Waals surface area (Å²) in [7, 11) is 3.28. The predicted molar refractivity (Wildman–Crippen MR) is 109 cm³/mol. The summed E-state index contributed by atoms with van der Waals surface area (Å²) in [6.45, 7) is 0.982. The molecule has 0 radical (unpaired) electrons. The summed E-state index contributed by atoms with van der Waals surface area (Å²) in [5, 5.41) is 6.14. The fraction of sp³-hybridized carbons (Fsp3) is 0.190. The first kappa shape index (κ1) is 18.4. The quantitative estimate of drug-likeness (QED) is 0.455. The van der Waals surface area contributed by atoms with Gasteiger partial charge in [0.15, 0.2) is 5.82 Å². The highest BCUT2D eigenvalue weighted by atomic mass is 35.5. The monoisotopic (exact) mass is 394 g/mol. The fourth-order valence-electron chi connectivity index (χ4n) is 3.11. The van der Waals surface area contributed by atoms with E-state index in [1.54, 1.807) is 20.3 Å². The van der Waals surface area contributed by atoms with Gasteiger partial charge in [0, 0.05) is 12.5 Å². The van der Waals surface area contributed by atoms with Crippen LogP contribution in [0.15, 0.2) is 54.6 Å². The van der Waals surface area contributed by atoms with Gasteiger partial charge in [0.05, 0.1) is 31.5 Å². The van der Waals surface area contributed by atoms with Gasteiger partial charge in [-0.05, 0) is 29.8 Å². The van der Waals surface area contributed by atoms with Crippen molar-refractivity contribution in [1.29, 1.82) is 0 Å². The van der Waals surface area contributed by atoms with E-state index in [9.17, 15) is 0 Å². The van der Waals surface area contributed by atoms with Crippen LogP contribution < -0.4 is 4.74 Å². The molecule has 0 saturated heterocycles. The number of aromatic nitrogens is 4. The molecule has 0 N–H and O–H groups in total. The van der Waals surface area contributed by atoms with E-state index in [2.05, 4.69) is 9.97 Å². The molecule has 0 spiro atoms. The normalized spacial score (nSPS) is 11.1. The zero-order chi connectivity index (χ0) is 19.5. The van der Waals surface area contributed by atoms with E-state index in [0.29, 0.717) is 35.5 Å². The molecule has 4 rings (SSSR count). The average molecular weight is 395 g/mol. The highest BCUT2D eigenvalue weighted by molar-refractivity contribution is 6.29. The third-order valence-corrected chi connectivity index (χ3v) is 4.59. The van der Waals surface area contributed by atoms with Crippen LogP contribution in [-0.2, 0) is 17.9 Å². The minimum absolute atomic E-state index is 0.361. The van der Waals surface area contributed by atoms with Crippen LogP contribution in [0, 0.1) is 0 Å². The van der Waals surface area contributed by atoms with E-state index >= 15 is 0 Å². The maximum atomic E-state index is 6.20. The van der Waals surface area contributed by atoms with Crippen LogP contribution in [0.3, 0.4) is 0 Å². The van der Waals surface area contributed by atoms with Gasteiger partial charge in [-0.2, -0.15) is 5.10 Å². The highest BCUT2D eigenvalue weighted by Crippen LogP contribution is 2.27. The number of halogens is 1. The molecule has 2 heterocycles. The maximum Gasteiger partial charge on any atom is 0.182 e. The zero-order valence-corrected chi connectivity index (χ0v) is 16.3. The molecule has 4 aromatic rings. The molecule has 7 heteroatoms. The van der Waals surface area contributed by atoms with Crippen molar-refractivity contribution in [2.45, 2.75) is 13.2 Å². The van der Waals surface area contributed by atoms with Crippen molar-refractivity contribution in [3.63, 3.8) is 0 Å². The van der Waals surface area contributed by atoms with E-state index < -0.39 is 0 Å². The molecule has 2 aromatic heterocycles. The van der Waals surface area contributed by atoms with E-state index in [0.717, 1.165) is 22.2 Å². The minimum Gasteiger partial charge on any atom is -0.497 e. The standard InChI is InChI=1S/C21H19ClN4O2/c1-27-13-15-11-19(22)24-21(23-15)20-17-5-3-4-6-18(17)26(25-20)12-14-7-9-16(28-2)10-8-14/h3-11H,12-13H2,1-2H3. The lowest BCUT2D eigenvalue weighted by atomic mass is 10.2. The molecule has 142 valence electrons. The summed E-state index contributed by atoms with van der Waals surface area (Å²) >= 11 is 6.20. The average Bonchev–Trinajstić information content (AvgIpc) is 3.07. The van der Waals surface area contributed by atoms with Crippen molar-refractivity contribution < 1.29 is 9.47 Å². The van der Waals surface area contributed by atoms with E-state index in [-0.39, 0.29) is 0 Å². The molecule has 0 saturated carbocycles. The number of ether oxygens (including phenoxy) is 2. The van der Waals surface area contributed by atoms with Crippen molar-refractivity contribution in [1.82, 2.24) is 19.7 Å². The number of rotatable bonds is 6. The molecule has 6 nitrogen and oxygen atoms in total. The van der Waals surface area contributed by atoms with Crippen LogP contribution in [0.5, 0.6) is 5.75 Å². The van der Waals surface area contributed by atoms with Crippen molar-refractivity contribution in [3.8, 4) is 17.3 Å². The second kappa shape index (κ2) is 7.96. The Morgan fingerprint density at radius 3 is 2.54 bits per heavy atom. The highest BCUT2D eigenvalue weighted by Gasteiger charge is 2.16. The summed E-state index contributed by atoms with van der Waals surface area (Å²) < 4.78 is 12.4.